The van der Waals surface area contributed by atoms with Gasteiger partial charge in [-0.05, 0) is 66.1 Å². The van der Waals surface area contributed by atoms with Crippen LogP contribution in [0.2, 0.25) is 0 Å². The minimum atomic E-state index is -4.57. The summed E-state index contributed by atoms with van der Waals surface area (Å²) in [5.74, 6) is -1.10. The van der Waals surface area contributed by atoms with Gasteiger partial charge < -0.3 is 5.11 Å². The molecular weight excluding hydrogens is 479 g/mol. The predicted molar refractivity (Wildman–Crippen MR) is 126 cm³/mol. The van der Waals surface area contributed by atoms with Crippen molar-refractivity contribution in [3.63, 3.8) is 0 Å². The summed E-state index contributed by atoms with van der Waals surface area (Å²) in [4.78, 5) is 11.2. The van der Waals surface area contributed by atoms with Gasteiger partial charge in [0.2, 0.25) is 0 Å². The molecule has 0 aliphatic carbocycles. The lowest BCUT2D eigenvalue weighted by Gasteiger charge is -2.13. The molecule has 0 aliphatic rings. The van der Waals surface area contributed by atoms with E-state index in [1.165, 1.54) is 30.3 Å². The third-order valence-corrected chi connectivity index (χ3v) is 7.52. The highest BCUT2D eigenvalue weighted by Crippen LogP contribution is 2.34. The average Bonchev–Trinajstić information content (AvgIpc) is 3.17. The van der Waals surface area contributed by atoms with E-state index in [1.807, 2.05) is 6.92 Å². The van der Waals surface area contributed by atoms with Crippen LogP contribution >= 0.6 is 0 Å². The number of carbonyl (C=O) groups is 1. The molecule has 3 aromatic carbocycles. The Kier molecular flexibility index (Phi) is 6.46. The normalized spacial score (nSPS) is 12.2. The third kappa shape index (κ3) is 4.95. The molecule has 0 amide bonds. The molecule has 0 bridgehead atoms. The van der Waals surface area contributed by atoms with Gasteiger partial charge in [0.25, 0.3) is 10.0 Å². The Labute approximate surface area is 200 Å². The first-order chi connectivity index (χ1) is 16.5. The Morgan fingerprint density at radius 3 is 2.11 bits per heavy atom. The van der Waals surface area contributed by atoms with E-state index >= 15 is 0 Å². The van der Waals surface area contributed by atoms with Crippen molar-refractivity contribution in [2.24, 2.45) is 0 Å². The molecule has 1 N–H and O–H groups in total. The molecule has 0 radical (unpaired) electrons. The number of nitrogens with zero attached hydrogens (tertiary/aromatic N) is 1. The van der Waals surface area contributed by atoms with Crippen molar-refractivity contribution in [3.05, 3.63) is 101 Å². The van der Waals surface area contributed by atoms with E-state index in [4.69, 9.17) is 5.11 Å². The Morgan fingerprint density at radius 2 is 1.54 bits per heavy atom. The number of aryl methyl sites for hydroxylation is 1. The van der Waals surface area contributed by atoms with E-state index < -0.39 is 27.7 Å². The van der Waals surface area contributed by atoms with Crippen molar-refractivity contribution >= 4 is 26.9 Å². The molecule has 35 heavy (non-hydrogen) atoms. The quantitative estimate of drug-likeness (QED) is 0.330. The number of carboxylic acid groups (broad SMARTS) is 1. The second-order valence-electron chi connectivity index (χ2n) is 8.25. The zero-order valence-corrected chi connectivity index (χ0v) is 19.5. The fourth-order valence-corrected chi connectivity index (χ4v) is 5.57. The second-order valence-corrected chi connectivity index (χ2v) is 10.0. The van der Waals surface area contributed by atoms with Gasteiger partial charge in [0, 0.05) is 17.5 Å². The zero-order valence-electron chi connectivity index (χ0n) is 18.7. The summed E-state index contributed by atoms with van der Waals surface area (Å²) >= 11 is 0. The minimum Gasteiger partial charge on any atom is -0.478 e. The molecule has 4 aromatic rings. The van der Waals surface area contributed by atoms with Crippen LogP contribution in [0.15, 0.2) is 77.7 Å². The van der Waals surface area contributed by atoms with E-state index in [1.54, 1.807) is 24.3 Å². The van der Waals surface area contributed by atoms with Gasteiger partial charge in [-0.3, -0.25) is 0 Å². The van der Waals surface area contributed by atoms with Crippen LogP contribution in [0.4, 0.5) is 13.2 Å². The summed E-state index contributed by atoms with van der Waals surface area (Å²) in [5, 5.41) is 9.25. The molecule has 0 spiro atoms. The molecule has 0 aliphatic heterocycles. The molecule has 182 valence electrons. The van der Waals surface area contributed by atoms with Gasteiger partial charge in [-0.25, -0.2) is 17.2 Å². The molecule has 4 rings (SSSR count). The Bertz CT molecular complexity index is 1490. The van der Waals surface area contributed by atoms with Crippen molar-refractivity contribution in [2.45, 2.75) is 37.3 Å². The second kappa shape index (κ2) is 9.22. The minimum absolute atomic E-state index is 0.0252. The lowest BCUT2D eigenvalue weighted by atomic mass is 10.1. The van der Waals surface area contributed by atoms with E-state index in [0.29, 0.717) is 5.56 Å². The number of carboxylic acids is 1. The predicted octanol–water partition coefficient (Wildman–Crippen LogP) is 6.14. The van der Waals surface area contributed by atoms with Crippen LogP contribution in [0.3, 0.4) is 0 Å². The highest BCUT2D eigenvalue weighted by Gasteiger charge is 2.32. The van der Waals surface area contributed by atoms with Gasteiger partial charge in [0.15, 0.2) is 0 Å². The molecule has 1 aromatic heterocycles. The first-order valence-corrected chi connectivity index (χ1v) is 12.3. The van der Waals surface area contributed by atoms with Crippen molar-refractivity contribution < 1.29 is 31.5 Å². The Balaban J connectivity index is 1.86. The number of fused-ring (bicyclic) bond motifs is 1. The van der Waals surface area contributed by atoms with Crippen molar-refractivity contribution in [1.29, 1.82) is 0 Å². The standard InChI is InChI=1S/C26H22F3NO4S/c1-2-3-17-6-11-23(12-7-17)35(33,34)30-22(14-18-4-8-19(9-5-18)25(31)32)16-20-15-21(26(27,28)29)10-13-24(20)30/h4-13,15-16H,2-3,14H2,1H3,(H,31,32). The number of alkyl halides is 3. The van der Waals surface area contributed by atoms with Crippen LogP contribution in [0.25, 0.3) is 10.9 Å². The molecule has 9 heteroatoms. The van der Waals surface area contributed by atoms with Gasteiger partial charge in [0.1, 0.15) is 0 Å². The molecular formula is C26H22F3NO4S. The summed E-state index contributed by atoms with van der Waals surface area (Å²) in [7, 11) is -4.13. The highest BCUT2D eigenvalue weighted by molar-refractivity contribution is 7.90. The molecule has 0 atom stereocenters. The zero-order chi connectivity index (χ0) is 25.4. The number of rotatable bonds is 7. The van der Waals surface area contributed by atoms with E-state index in [0.717, 1.165) is 40.6 Å². The monoisotopic (exact) mass is 501 g/mol. The molecule has 0 unspecified atom stereocenters. The SMILES string of the molecule is CCCc1ccc(S(=O)(=O)n2c(Cc3ccc(C(=O)O)cc3)cc3cc(C(F)(F)F)ccc32)cc1. The van der Waals surface area contributed by atoms with E-state index in [-0.39, 0.29) is 33.5 Å². The summed E-state index contributed by atoms with van der Waals surface area (Å²) in [6.07, 6.45) is -2.80. The van der Waals surface area contributed by atoms with Crippen molar-refractivity contribution in [3.8, 4) is 0 Å². The molecule has 5 nitrogen and oxygen atoms in total. The fourth-order valence-electron chi connectivity index (χ4n) is 4.03. The van der Waals surface area contributed by atoms with E-state index in [9.17, 15) is 26.4 Å². The average molecular weight is 502 g/mol. The number of aromatic nitrogens is 1. The summed E-state index contributed by atoms with van der Waals surface area (Å²) in [5.41, 5.74) is 1.19. The number of benzene rings is 3. The highest BCUT2D eigenvalue weighted by atomic mass is 32.2. The smallest absolute Gasteiger partial charge is 0.416 e. The molecule has 0 saturated carbocycles. The summed E-state index contributed by atoms with van der Waals surface area (Å²) in [6, 6.07) is 16.8. The van der Waals surface area contributed by atoms with Crippen molar-refractivity contribution in [1.82, 2.24) is 3.97 Å². The van der Waals surface area contributed by atoms with E-state index in [2.05, 4.69) is 0 Å². The number of halogens is 3. The van der Waals surface area contributed by atoms with Gasteiger partial charge in [-0.15, -0.1) is 0 Å². The first-order valence-electron chi connectivity index (χ1n) is 10.9. The maximum atomic E-state index is 13.7. The summed E-state index contributed by atoms with van der Waals surface area (Å²) in [6.45, 7) is 2.01. The van der Waals surface area contributed by atoms with Crippen LogP contribution in [-0.2, 0) is 29.0 Å². The number of aromatic carboxylic acids is 1. The van der Waals surface area contributed by atoms with Crippen LogP contribution in [0.1, 0.15) is 46.1 Å². The Hall–Kier alpha value is -3.59. The third-order valence-electron chi connectivity index (χ3n) is 5.74. The largest absolute Gasteiger partial charge is 0.478 e. The van der Waals surface area contributed by atoms with Gasteiger partial charge in [0.05, 0.1) is 21.5 Å². The van der Waals surface area contributed by atoms with Gasteiger partial charge in [-0.1, -0.05) is 37.6 Å². The first kappa shape index (κ1) is 24.5. The molecule has 0 fully saturated rings. The van der Waals surface area contributed by atoms with Gasteiger partial charge in [-0.2, -0.15) is 13.2 Å². The number of hydrogen-bond acceptors (Lipinski definition) is 3. The maximum Gasteiger partial charge on any atom is 0.416 e. The van der Waals surface area contributed by atoms with Crippen LogP contribution in [0.5, 0.6) is 0 Å². The molecule has 0 saturated heterocycles. The number of hydrogen-bond donors (Lipinski definition) is 1. The topological polar surface area (TPSA) is 76.4 Å². The Morgan fingerprint density at radius 1 is 0.914 bits per heavy atom. The van der Waals surface area contributed by atoms with Crippen LogP contribution < -0.4 is 0 Å². The lowest BCUT2D eigenvalue weighted by molar-refractivity contribution is -0.137. The van der Waals surface area contributed by atoms with Gasteiger partial charge >= 0.3 is 12.1 Å². The fraction of sp³-hybridized carbons (Fsp3) is 0.192. The van der Waals surface area contributed by atoms with Crippen LogP contribution in [-0.4, -0.2) is 23.5 Å². The summed E-state index contributed by atoms with van der Waals surface area (Å²) < 4.78 is 68.3. The molecule has 1 heterocycles. The lowest BCUT2D eigenvalue weighted by Crippen LogP contribution is -2.16. The maximum absolute atomic E-state index is 13.7. The van der Waals surface area contributed by atoms with Crippen LogP contribution in [0, 0.1) is 0 Å². The van der Waals surface area contributed by atoms with Crippen molar-refractivity contribution in [2.75, 3.05) is 0 Å².